The standard InChI is InChI=1S/C34H32N3O2/c1-19(2)22-10-9-11-23(20(3)4)31(22)37-27-13-8-7-12-26(27)36(6)34(37)29-21(5)14-15-24-25-16-17-28-30(35-18-38-28)33(25)39-32(24)29/h7-20H,1-6H3/q+1/i18D. The second-order valence-electron chi connectivity index (χ2n) is 11.1. The minimum Gasteiger partial charge on any atom is -0.453 e. The van der Waals surface area contributed by atoms with Crippen LogP contribution in [0.15, 0.2) is 81.9 Å². The lowest BCUT2D eigenvalue weighted by Crippen LogP contribution is -2.30. The topological polar surface area (TPSA) is 48.0 Å². The fourth-order valence-corrected chi connectivity index (χ4v) is 6.14. The van der Waals surface area contributed by atoms with Gasteiger partial charge in [-0.15, -0.1) is 0 Å². The van der Waals surface area contributed by atoms with Crippen molar-refractivity contribution in [2.45, 2.75) is 46.5 Å². The number of nitrogens with zero attached hydrogens (tertiary/aromatic N) is 3. The zero-order valence-electron chi connectivity index (χ0n) is 24.2. The first-order chi connectivity index (χ1) is 19.3. The summed E-state index contributed by atoms with van der Waals surface area (Å²) >= 11 is 0. The summed E-state index contributed by atoms with van der Waals surface area (Å²) in [4.78, 5) is 4.34. The third kappa shape index (κ3) is 3.32. The number of imidazole rings is 1. The van der Waals surface area contributed by atoms with E-state index in [4.69, 9.17) is 10.2 Å². The summed E-state index contributed by atoms with van der Waals surface area (Å²) in [6, 6.07) is 23.5. The lowest BCUT2D eigenvalue weighted by atomic mass is 9.92. The van der Waals surface area contributed by atoms with Crippen LogP contribution in [0, 0.1) is 6.92 Å². The van der Waals surface area contributed by atoms with Crippen LogP contribution in [0.25, 0.3) is 61.1 Å². The molecular weight excluding hydrogens is 482 g/mol. The van der Waals surface area contributed by atoms with E-state index in [1.165, 1.54) is 16.8 Å². The van der Waals surface area contributed by atoms with Gasteiger partial charge in [0.2, 0.25) is 0 Å². The van der Waals surface area contributed by atoms with Crippen molar-refractivity contribution >= 4 is 44.1 Å². The van der Waals surface area contributed by atoms with Crippen molar-refractivity contribution in [3.8, 4) is 17.1 Å². The van der Waals surface area contributed by atoms with E-state index in [1.54, 1.807) is 0 Å². The van der Waals surface area contributed by atoms with Crippen molar-refractivity contribution in [3.63, 3.8) is 0 Å². The predicted octanol–water partition coefficient (Wildman–Crippen LogP) is 8.72. The zero-order valence-corrected chi connectivity index (χ0v) is 23.2. The average Bonchev–Trinajstić information content (AvgIpc) is 3.59. The van der Waals surface area contributed by atoms with Crippen LogP contribution in [0.3, 0.4) is 0 Å². The van der Waals surface area contributed by atoms with Crippen LogP contribution in [-0.4, -0.2) is 9.55 Å². The van der Waals surface area contributed by atoms with E-state index in [9.17, 15) is 0 Å². The van der Waals surface area contributed by atoms with Gasteiger partial charge in [-0.1, -0.05) is 70.2 Å². The van der Waals surface area contributed by atoms with E-state index in [2.05, 4.69) is 110 Å². The molecule has 0 bridgehead atoms. The number of furan rings is 1. The summed E-state index contributed by atoms with van der Waals surface area (Å²) in [5.74, 6) is 1.75. The van der Waals surface area contributed by atoms with Crippen LogP contribution in [0.5, 0.6) is 0 Å². The van der Waals surface area contributed by atoms with Crippen LogP contribution in [0.1, 0.15) is 57.6 Å². The van der Waals surface area contributed by atoms with Crippen molar-refractivity contribution < 1.29 is 14.8 Å². The number of benzene rings is 4. The Kier molecular flexibility index (Phi) is 4.96. The summed E-state index contributed by atoms with van der Waals surface area (Å²) < 4.78 is 24.9. The second-order valence-corrected chi connectivity index (χ2v) is 11.1. The Hall–Kier alpha value is -4.38. The molecule has 0 fully saturated rings. The van der Waals surface area contributed by atoms with Gasteiger partial charge in [0.15, 0.2) is 39.7 Å². The van der Waals surface area contributed by atoms with Gasteiger partial charge in [0.05, 0.1) is 7.05 Å². The average molecular weight is 516 g/mol. The Labute approximate surface area is 228 Å². The Bertz CT molecular complexity index is 2080. The first-order valence-corrected chi connectivity index (χ1v) is 13.6. The highest BCUT2D eigenvalue weighted by Crippen LogP contribution is 2.42. The molecule has 0 saturated heterocycles. The number of hydrogen-bond acceptors (Lipinski definition) is 3. The molecular formula is C34H32N3O2+. The molecule has 0 spiro atoms. The highest BCUT2D eigenvalue weighted by molar-refractivity contribution is 6.15. The summed E-state index contributed by atoms with van der Waals surface area (Å²) in [5, 5.41) is 1.98. The molecule has 0 atom stereocenters. The summed E-state index contributed by atoms with van der Waals surface area (Å²) in [7, 11) is 2.14. The van der Waals surface area contributed by atoms with Gasteiger partial charge < -0.3 is 8.83 Å². The van der Waals surface area contributed by atoms with Crippen molar-refractivity contribution in [1.82, 2.24) is 9.55 Å². The largest absolute Gasteiger partial charge is 0.453 e. The number of oxazole rings is 1. The van der Waals surface area contributed by atoms with Crippen molar-refractivity contribution in [1.29, 1.82) is 0 Å². The minimum atomic E-state index is -0.114. The molecule has 39 heavy (non-hydrogen) atoms. The normalized spacial score (nSPS) is 12.7. The molecule has 0 aliphatic heterocycles. The maximum Gasteiger partial charge on any atom is 0.299 e. The molecule has 0 unspecified atom stereocenters. The summed E-state index contributed by atoms with van der Waals surface area (Å²) in [6.07, 6.45) is -0.114. The van der Waals surface area contributed by atoms with Crippen LogP contribution in [-0.2, 0) is 7.05 Å². The van der Waals surface area contributed by atoms with Gasteiger partial charge in [0.1, 0.15) is 12.6 Å². The van der Waals surface area contributed by atoms with E-state index >= 15 is 0 Å². The third-order valence-corrected chi connectivity index (χ3v) is 8.07. The van der Waals surface area contributed by atoms with Gasteiger partial charge in [-0.2, -0.15) is 4.57 Å². The molecule has 5 nitrogen and oxygen atoms in total. The first-order valence-electron chi connectivity index (χ1n) is 14.1. The van der Waals surface area contributed by atoms with E-state index in [-0.39, 0.29) is 6.37 Å². The van der Waals surface area contributed by atoms with Gasteiger partial charge in [-0.25, -0.2) is 9.55 Å². The maximum absolute atomic E-state index is 7.94. The molecule has 5 heteroatoms. The SMILES string of the molecule is [2H]c1nc2c(ccc3c4ccc(C)c(-c5n(-c6c(C(C)C)cccc6C(C)C)c6ccccc6[n+]5C)c4oc32)o1. The minimum absolute atomic E-state index is 0.114. The highest BCUT2D eigenvalue weighted by atomic mass is 16.3. The molecule has 0 N–H and O–H groups in total. The lowest BCUT2D eigenvalue weighted by Gasteiger charge is -2.18. The number of para-hydroxylation sites is 3. The smallest absolute Gasteiger partial charge is 0.299 e. The number of fused-ring (bicyclic) bond motifs is 6. The number of hydrogen-bond donors (Lipinski definition) is 0. The van der Waals surface area contributed by atoms with Crippen LogP contribution in [0.4, 0.5) is 0 Å². The van der Waals surface area contributed by atoms with E-state index in [0.29, 0.717) is 28.5 Å². The first kappa shape index (κ1) is 22.6. The summed E-state index contributed by atoms with van der Waals surface area (Å²) in [6.45, 7) is 11.2. The van der Waals surface area contributed by atoms with Crippen molar-refractivity contribution in [3.05, 3.63) is 89.8 Å². The van der Waals surface area contributed by atoms with E-state index < -0.39 is 0 Å². The number of aromatic nitrogens is 3. The fourth-order valence-electron chi connectivity index (χ4n) is 6.14. The fraction of sp³-hybridized carbons (Fsp3) is 0.235. The maximum atomic E-state index is 7.94. The van der Waals surface area contributed by atoms with Gasteiger partial charge in [-0.05, 0) is 48.6 Å². The molecule has 0 aliphatic carbocycles. The van der Waals surface area contributed by atoms with Crippen LogP contribution < -0.4 is 4.57 Å². The molecule has 3 aromatic heterocycles. The van der Waals surface area contributed by atoms with E-state index in [0.717, 1.165) is 44.3 Å². The Morgan fingerprint density at radius 2 is 1.54 bits per heavy atom. The molecule has 7 rings (SSSR count). The molecule has 194 valence electrons. The zero-order chi connectivity index (χ0) is 27.9. The highest BCUT2D eigenvalue weighted by Gasteiger charge is 2.33. The van der Waals surface area contributed by atoms with Gasteiger partial charge >= 0.3 is 0 Å². The molecule has 4 aromatic carbocycles. The molecule has 0 amide bonds. The van der Waals surface area contributed by atoms with Crippen LogP contribution in [0.2, 0.25) is 0 Å². The van der Waals surface area contributed by atoms with Crippen molar-refractivity contribution in [2.24, 2.45) is 7.05 Å². The third-order valence-electron chi connectivity index (χ3n) is 8.07. The monoisotopic (exact) mass is 515 g/mol. The quantitative estimate of drug-likeness (QED) is 0.220. The van der Waals surface area contributed by atoms with Gasteiger partial charge in [0, 0.05) is 21.9 Å². The van der Waals surface area contributed by atoms with Crippen LogP contribution >= 0.6 is 0 Å². The van der Waals surface area contributed by atoms with Gasteiger partial charge in [-0.3, -0.25) is 0 Å². The summed E-state index contributed by atoms with van der Waals surface area (Å²) in [5.41, 5.74) is 10.9. The predicted molar refractivity (Wildman–Crippen MR) is 158 cm³/mol. The Morgan fingerprint density at radius 3 is 2.28 bits per heavy atom. The molecule has 3 heterocycles. The Balaban J connectivity index is 1.68. The van der Waals surface area contributed by atoms with Gasteiger partial charge in [0.25, 0.3) is 5.82 Å². The van der Waals surface area contributed by atoms with Crippen molar-refractivity contribution in [2.75, 3.05) is 0 Å². The molecule has 0 radical (unpaired) electrons. The lowest BCUT2D eigenvalue weighted by molar-refractivity contribution is -0.633. The molecule has 7 aromatic rings. The second kappa shape index (κ2) is 8.57. The van der Waals surface area contributed by atoms with E-state index in [1.807, 2.05) is 12.1 Å². The molecule has 0 saturated carbocycles. The Morgan fingerprint density at radius 1 is 0.846 bits per heavy atom. The number of aryl methyl sites for hydroxylation is 2. The molecule has 0 aliphatic rings. The number of rotatable bonds is 4.